The largest absolute Gasteiger partial charge is 0.394 e. The normalized spacial score (nSPS) is 12.6. The predicted octanol–water partition coefficient (Wildman–Crippen LogP) is 0.0335. The molecule has 0 aromatic rings. The van der Waals surface area contributed by atoms with Crippen LogP contribution in [0.1, 0.15) is 19.3 Å². The predicted molar refractivity (Wildman–Crippen MR) is 32.6 cm³/mol. The first kappa shape index (κ1) is 8.41. The lowest BCUT2D eigenvalue weighted by Gasteiger charge is -2.02. The van der Waals surface area contributed by atoms with E-state index in [2.05, 4.69) is 0 Å². The van der Waals surface area contributed by atoms with Gasteiger partial charge in [0.05, 0.1) is 18.8 Å². The van der Waals surface area contributed by atoms with E-state index in [4.69, 9.17) is 15.5 Å². The summed E-state index contributed by atoms with van der Waals surface area (Å²) in [5, 5.41) is 25.1. The van der Waals surface area contributed by atoms with E-state index in [0.717, 1.165) is 0 Å². The molecule has 1 unspecified atom stereocenters. The molecule has 0 aliphatic carbocycles. The van der Waals surface area contributed by atoms with Gasteiger partial charge in [-0.05, 0) is 12.8 Å². The molecule has 0 bridgehead atoms. The van der Waals surface area contributed by atoms with E-state index in [0.29, 0.717) is 19.3 Å². The van der Waals surface area contributed by atoms with E-state index in [9.17, 15) is 0 Å². The first-order chi connectivity index (χ1) is 4.31. The summed E-state index contributed by atoms with van der Waals surface area (Å²) in [6.07, 6.45) is 0.998. The Morgan fingerprint density at radius 3 is 2.67 bits per heavy atom. The molecule has 0 aromatic carbocycles. The molecule has 9 heavy (non-hydrogen) atoms. The molecule has 0 heterocycles. The van der Waals surface area contributed by atoms with Crippen LogP contribution in [0.4, 0.5) is 0 Å². The van der Waals surface area contributed by atoms with Gasteiger partial charge in [0.2, 0.25) is 0 Å². The Bertz CT molecular complexity index is 97.7. The Morgan fingerprint density at radius 1 is 1.56 bits per heavy atom. The number of hydrogen-bond donors (Lipinski definition) is 2. The van der Waals surface area contributed by atoms with Crippen molar-refractivity contribution in [3.8, 4) is 6.07 Å². The van der Waals surface area contributed by atoms with Crippen LogP contribution in [0, 0.1) is 11.3 Å². The molecule has 0 radical (unpaired) electrons. The molecule has 0 fully saturated rings. The van der Waals surface area contributed by atoms with Crippen LogP contribution in [0.5, 0.6) is 0 Å². The van der Waals surface area contributed by atoms with Crippen LogP contribution in [0.15, 0.2) is 0 Å². The van der Waals surface area contributed by atoms with E-state index in [1.54, 1.807) is 0 Å². The average Bonchev–Trinajstić information content (AvgIpc) is 1.89. The second kappa shape index (κ2) is 5.54. The zero-order valence-corrected chi connectivity index (χ0v) is 5.25. The summed E-state index contributed by atoms with van der Waals surface area (Å²) < 4.78 is 0. The van der Waals surface area contributed by atoms with Crippen LogP contribution in [-0.4, -0.2) is 22.9 Å². The highest BCUT2D eigenvalue weighted by Crippen LogP contribution is 1.97. The lowest BCUT2D eigenvalue weighted by molar-refractivity contribution is 0.0869. The van der Waals surface area contributed by atoms with Gasteiger partial charge in [-0.2, -0.15) is 5.26 Å². The van der Waals surface area contributed by atoms with Gasteiger partial charge in [-0.1, -0.05) is 0 Å². The van der Waals surface area contributed by atoms with Crippen molar-refractivity contribution in [1.82, 2.24) is 0 Å². The lowest BCUT2D eigenvalue weighted by atomic mass is 10.2. The van der Waals surface area contributed by atoms with Gasteiger partial charge in [0.15, 0.2) is 0 Å². The molecule has 0 spiro atoms. The highest BCUT2D eigenvalue weighted by atomic mass is 16.3. The Morgan fingerprint density at radius 2 is 2.22 bits per heavy atom. The molecule has 1 atom stereocenters. The van der Waals surface area contributed by atoms with E-state index in [-0.39, 0.29) is 6.61 Å². The molecule has 0 saturated heterocycles. The van der Waals surface area contributed by atoms with Crippen molar-refractivity contribution < 1.29 is 10.2 Å². The molecule has 0 aliphatic heterocycles. The van der Waals surface area contributed by atoms with Gasteiger partial charge in [-0.25, -0.2) is 0 Å². The van der Waals surface area contributed by atoms with E-state index in [1.165, 1.54) is 0 Å². The maximum absolute atomic E-state index is 8.73. The molecule has 52 valence electrons. The lowest BCUT2D eigenvalue weighted by Crippen LogP contribution is -2.10. The zero-order chi connectivity index (χ0) is 7.11. The topological polar surface area (TPSA) is 64.2 Å². The van der Waals surface area contributed by atoms with Gasteiger partial charge in [0.25, 0.3) is 0 Å². The molecule has 0 aromatic heterocycles. The van der Waals surface area contributed by atoms with Gasteiger partial charge in [0, 0.05) is 6.42 Å². The summed E-state index contributed by atoms with van der Waals surface area (Å²) in [4.78, 5) is 0. The van der Waals surface area contributed by atoms with Crippen molar-refractivity contribution in [2.24, 2.45) is 0 Å². The van der Waals surface area contributed by atoms with E-state index >= 15 is 0 Å². The highest BCUT2D eigenvalue weighted by molar-refractivity contribution is 4.69. The molecule has 3 nitrogen and oxygen atoms in total. The van der Waals surface area contributed by atoms with Crippen molar-refractivity contribution in [1.29, 1.82) is 5.26 Å². The molecule has 0 saturated carbocycles. The number of hydrogen-bond acceptors (Lipinski definition) is 3. The number of aliphatic hydroxyl groups is 2. The number of nitrogens with zero attached hydrogens (tertiary/aromatic N) is 1. The maximum atomic E-state index is 8.73. The smallest absolute Gasteiger partial charge is 0.0771 e. The van der Waals surface area contributed by atoms with Crippen molar-refractivity contribution in [2.75, 3.05) is 6.61 Å². The Hall–Kier alpha value is -0.590. The van der Waals surface area contributed by atoms with E-state index in [1.807, 2.05) is 6.07 Å². The summed E-state index contributed by atoms with van der Waals surface area (Å²) >= 11 is 0. The summed E-state index contributed by atoms with van der Waals surface area (Å²) in [5.74, 6) is 0. The number of nitriles is 1. The number of unbranched alkanes of at least 4 members (excludes halogenated alkanes) is 1. The second-order valence-corrected chi connectivity index (χ2v) is 1.89. The van der Waals surface area contributed by atoms with Crippen LogP contribution in [-0.2, 0) is 0 Å². The molecule has 0 aliphatic rings. The number of aliphatic hydroxyl groups excluding tert-OH is 2. The number of rotatable bonds is 4. The van der Waals surface area contributed by atoms with Crippen LogP contribution < -0.4 is 0 Å². The maximum Gasteiger partial charge on any atom is 0.0771 e. The van der Waals surface area contributed by atoms with Crippen molar-refractivity contribution >= 4 is 0 Å². The Labute approximate surface area is 54.5 Å². The molecule has 2 N–H and O–H groups in total. The Balaban J connectivity index is 2.99. The summed E-state index contributed by atoms with van der Waals surface area (Å²) in [6, 6.07) is 1.95. The minimum atomic E-state index is -0.640. The minimum Gasteiger partial charge on any atom is -0.394 e. The van der Waals surface area contributed by atoms with Gasteiger partial charge in [0.1, 0.15) is 0 Å². The first-order valence-corrected chi connectivity index (χ1v) is 2.97. The van der Waals surface area contributed by atoms with Gasteiger partial charge < -0.3 is 10.2 Å². The summed E-state index contributed by atoms with van der Waals surface area (Å²) in [7, 11) is 0. The molecular weight excluding hydrogens is 118 g/mol. The average molecular weight is 129 g/mol. The van der Waals surface area contributed by atoms with Crippen molar-refractivity contribution in [3.05, 3.63) is 0 Å². The van der Waals surface area contributed by atoms with Crippen LogP contribution in [0.2, 0.25) is 0 Å². The van der Waals surface area contributed by atoms with Crippen LogP contribution in [0.3, 0.4) is 0 Å². The highest BCUT2D eigenvalue weighted by Gasteiger charge is 1.99. The Kier molecular flexibility index (Phi) is 5.18. The molecule has 3 heteroatoms. The van der Waals surface area contributed by atoms with Crippen LogP contribution in [0.25, 0.3) is 0 Å². The fourth-order valence-electron chi connectivity index (χ4n) is 0.508. The third kappa shape index (κ3) is 5.28. The quantitative estimate of drug-likeness (QED) is 0.526. The summed E-state index contributed by atoms with van der Waals surface area (Å²) in [5.41, 5.74) is 0. The minimum absolute atomic E-state index is 0.203. The standard InChI is InChI=1S/C6H11NO2/c7-4-2-1-3-6(9)5-8/h6,8-9H,1-3,5H2. The fraction of sp³-hybridized carbons (Fsp3) is 0.833. The van der Waals surface area contributed by atoms with Gasteiger partial charge in [-0.3, -0.25) is 0 Å². The zero-order valence-electron chi connectivity index (χ0n) is 5.25. The first-order valence-electron chi connectivity index (χ1n) is 2.97. The van der Waals surface area contributed by atoms with Crippen molar-refractivity contribution in [3.63, 3.8) is 0 Å². The molecular formula is C6H11NO2. The third-order valence-corrected chi connectivity index (χ3v) is 1.04. The SMILES string of the molecule is N#CCCCC(O)CO. The fourth-order valence-corrected chi connectivity index (χ4v) is 0.508. The monoisotopic (exact) mass is 129 g/mol. The van der Waals surface area contributed by atoms with Crippen molar-refractivity contribution in [2.45, 2.75) is 25.4 Å². The second-order valence-electron chi connectivity index (χ2n) is 1.89. The van der Waals surface area contributed by atoms with Gasteiger partial charge >= 0.3 is 0 Å². The van der Waals surface area contributed by atoms with E-state index < -0.39 is 6.10 Å². The summed E-state index contributed by atoms with van der Waals surface area (Å²) in [6.45, 7) is -0.203. The third-order valence-electron chi connectivity index (χ3n) is 1.04. The molecule has 0 amide bonds. The molecule has 0 rings (SSSR count). The van der Waals surface area contributed by atoms with Gasteiger partial charge in [-0.15, -0.1) is 0 Å². The van der Waals surface area contributed by atoms with Crippen LogP contribution >= 0.6 is 0 Å².